The third-order valence-electron chi connectivity index (χ3n) is 5.09. The highest BCUT2D eigenvalue weighted by Gasteiger charge is 2.26. The van der Waals surface area contributed by atoms with Crippen LogP contribution in [-0.4, -0.2) is 40.8 Å². The number of methoxy groups -OCH3 is 1. The van der Waals surface area contributed by atoms with Crippen molar-refractivity contribution in [3.8, 4) is 22.9 Å². The average Bonchev–Trinajstić information content (AvgIpc) is 3.38. The second kappa shape index (κ2) is 7.31. The van der Waals surface area contributed by atoms with Crippen LogP contribution < -0.4 is 4.74 Å². The molecule has 0 bridgehead atoms. The number of benzene rings is 1. The number of hydrogen-bond acceptors (Lipinski definition) is 4. The lowest BCUT2D eigenvalue weighted by molar-refractivity contribution is 0.0688. The van der Waals surface area contributed by atoms with Gasteiger partial charge in [-0.05, 0) is 55.2 Å². The fourth-order valence-corrected chi connectivity index (χ4v) is 3.37. The van der Waals surface area contributed by atoms with E-state index in [-0.39, 0.29) is 5.91 Å². The number of rotatable bonds is 4. The summed E-state index contributed by atoms with van der Waals surface area (Å²) in [7, 11) is 1.63. The smallest absolute Gasteiger partial charge is 0.272 e. The van der Waals surface area contributed by atoms with Gasteiger partial charge in [-0.2, -0.15) is 5.10 Å². The first-order valence-corrected chi connectivity index (χ1v) is 9.23. The number of hydrogen-bond donors (Lipinski definition) is 0. The van der Waals surface area contributed by atoms with E-state index < -0.39 is 0 Å². The van der Waals surface area contributed by atoms with E-state index in [4.69, 9.17) is 9.15 Å². The Labute approximate surface area is 158 Å². The van der Waals surface area contributed by atoms with Gasteiger partial charge >= 0.3 is 0 Å². The number of ether oxygens (including phenoxy) is 1. The molecule has 3 heterocycles. The summed E-state index contributed by atoms with van der Waals surface area (Å²) in [6.45, 7) is 3.80. The van der Waals surface area contributed by atoms with Gasteiger partial charge < -0.3 is 14.1 Å². The molecule has 0 spiro atoms. The minimum Gasteiger partial charge on any atom is -0.497 e. The Balaban J connectivity index is 1.73. The van der Waals surface area contributed by atoms with Gasteiger partial charge in [0.05, 0.1) is 19.1 Å². The van der Waals surface area contributed by atoms with Crippen molar-refractivity contribution in [3.05, 3.63) is 54.4 Å². The molecule has 1 aromatic carbocycles. The molecule has 0 atom stereocenters. The molecule has 1 amide bonds. The first kappa shape index (κ1) is 17.4. The number of nitrogens with zero attached hydrogens (tertiary/aromatic N) is 3. The third kappa shape index (κ3) is 3.47. The molecule has 2 aromatic heterocycles. The molecule has 4 rings (SSSR count). The predicted octanol–water partition coefficient (Wildman–Crippen LogP) is 4.01. The van der Waals surface area contributed by atoms with E-state index in [0.717, 1.165) is 37.4 Å². The molecule has 0 saturated carbocycles. The zero-order valence-electron chi connectivity index (χ0n) is 15.6. The topological polar surface area (TPSA) is 60.5 Å². The van der Waals surface area contributed by atoms with Crippen molar-refractivity contribution in [1.82, 2.24) is 14.7 Å². The molecular weight excluding hydrogens is 342 g/mol. The van der Waals surface area contributed by atoms with E-state index >= 15 is 0 Å². The fourth-order valence-electron chi connectivity index (χ4n) is 3.37. The molecule has 1 fully saturated rings. The summed E-state index contributed by atoms with van der Waals surface area (Å²) in [6, 6.07) is 13.0. The number of carbonyl (C=O) groups is 1. The molecular formula is C21H23N3O3. The van der Waals surface area contributed by atoms with Gasteiger partial charge in [0.15, 0.2) is 5.76 Å². The minimum absolute atomic E-state index is 0.00280. The van der Waals surface area contributed by atoms with Crippen LogP contribution in [0.2, 0.25) is 0 Å². The number of aromatic nitrogens is 2. The molecule has 1 saturated heterocycles. The lowest BCUT2D eigenvalue weighted by Gasteiger charge is -2.30. The van der Waals surface area contributed by atoms with Gasteiger partial charge in [-0.1, -0.05) is 6.92 Å². The quantitative estimate of drug-likeness (QED) is 0.701. The Hall–Kier alpha value is -3.02. The maximum Gasteiger partial charge on any atom is 0.272 e. The van der Waals surface area contributed by atoms with Crippen LogP contribution >= 0.6 is 0 Å². The number of amides is 1. The summed E-state index contributed by atoms with van der Waals surface area (Å²) in [4.78, 5) is 15.1. The lowest BCUT2D eigenvalue weighted by Crippen LogP contribution is -2.38. The second-order valence-corrected chi connectivity index (χ2v) is 6.98. The number of carbonyl (C=O) groups excluding carboxylic acids is 1. The molecule has 3 aromatic rings. The van der Waals surface area contributed by atoms with Crippen molar-refractivity contribution < 1.29 is 13.9 Å². The molecule has 6 nitrogen and oxygen atoms in total. The van der Waals surface area contributed by atoms with E-state index in [1.807, 2.05) is 47.4 Å². The van der Waals surface area contributed by atoms with E-state index in [1.165, 1.54) is 0 Å². The highest BCUT2D eigenvalue weighted by Crippen LogP contribution is 2.25. The van der Waals surface area contributed by atoms with Crippen molar-refractivity contribution in [3.63, 3.8) is 0 Å². The normalized spacial score (nSPS) is 15.1. The molecule has 0 unspecified atom stereocenters. The Morgan fingerprint density at radius 3 is 2.56 bits per heavy atom. The summed E-state index contributed by atoms with van der Waals surface area (Å²) in [6.07, 6.45) is 3.68. The van der Waals surface area contributed by atoms with Gasteiger partial charge in [0.1, 0.15) is 17.1 Å². The molecule has 1 aliphatic rings. The van der Waals surface area contributed by atoms with Gasteiger partial charge in [-0.3, -0.25) is 4.79 Å². The van der Waals surface area contributed by atoms with Crippen LogP contribution in [-0.2, 0) is 0 Å². The van der Waals surface area contributed by atoms with Crippen LogP contribution in [0.5, 0.6) is 5.75 Å². The van der Waals surface area contributed by atoms with E-state index in [0.29, 0.717) is 23.1 Å². The Morgan fingerprint density at radius 2 is 1.93 bits per heavy atom. The second-order valence-electron chi connectivity index (χ2n) is 6.98. The van der Waals surface area contributed by atoms with Crippen molar-refractivity contribution in [2.24, 2.45) is 5.92 Å². The molecule has 6 heteroatoms. The van der Waals surface area contributed by atoms with Gasteiger partial charge in [0.25, 0.3) is 5.91 Å². The minimum atomic E-state index is 0.00280. The van der Waals surface area contributed by atoms with Crippen LogP contribution in [0, 0.1) is 5.92 Å². The molecule has 0 aliphatic carbocycles. The van der Waals surface area contributed by atoms with Crippen molar-refractivity contribution in [2.45, 2.75) is 19.8 Å². The lowest BCUT2D eigenvalue weighted by atomic mass is 9.99. The summed E-state index contributed by atoms with van der Waals surface area (Å²) in [5.74, 6) is 2.07. The van der Waals surface area contributed by atoms with Crippen molar-refractivity contribution in [2.75, 3.05) is 20.2 Å². The number of furan rings is 1. The molecule has 1 aliphatic heterocycles. The van der Waals surface area contributed by atoms with Crippen LogP contribution in [0.3, 0.4) is 0 Å². The SMILES string of the molecule is COc1ccc(-n2nc(-c3ccco3)cc2C(=O)N2CCC(C)CC2)cc1. The summed E-state index contributed by atoms with van der Waals surface area (Å²) < 4.78 is 12.4. The van der Waals surface area contributed by atoms with E-state index in [1.54, 1.807) is 18.1 Å². The highest BCUT2D eigenvalue weighted by atomic mass is 16.5. The Kier molecular flexibility index (Phi) is 4.71. The van der Waals surface area contributed by atoms with Crippen molar-refractivity contribution in [1.29, 1.82) is 0 Å². The summed E-state index contributed by atoms with van der Waals surface area (Å²) >= 11 is 0. The van der Waals surface area contributed by atoms with Crippen molar-refractivity contribution >= 4 is 5.91 Å². The highest BCUT2D eigenvalue weighted by molar-refractivity contribution is 5.94. The Morgan fingerprint density at radius 1 is 1.19 bits per heavy atom. The average molecular weight is 365 g/mol. The standard InChI is InChI=1S/C21H23N3O3/c1-15-9-11-23(12-10-15)21(25)19-14-18(20-4-3-13-27-20)22-24(19)16-5-7-17(26-2)8-6-16/h3-8,13-15H,9-12H2,1-2H3. The molecule has 0 radical (unpaired) electrons. The maximum atomic E-state index is 13.2. The zero-order chi connectivity index (χ0) is 18.8. The third-order valence-corrected chi connectivity index (χ3v) is 5.09. The molecule has 0 N–H and O–H groups in total. The summed E-state index contributed by atoms with van der Waals surface area (Å²) in [5.41, 5.74) is 1.99. The van der Waals surface area contributed by atoms with Crippen LogP contribution in [0.1, 0.15) is 30.3 Å². The van der Waals surface area contributed by atoms with Crippen LogP contribution in [0.25, 0.3) is 17.1 Å². The van der Waals surface area contributed by atoms with Gasteiger partial charge in [0.2, 0.25) is 0 Å². The maximum absolute atomic E-state index is 13.2. The molecule has 140 valence electrons. The van der Waals surface area contributed by atoms with Crippen LogP contribution in [0.15, 0.2) is 53.1 Å². The number of likely N-dealkylation sites (tertiary alicyclic amines) is 1. The molecule has 27 heavy (non-hydrogen) atoms. The first-order valence-electron chi connectivity index (χ1n) is 9.23. The summed E-state index contributed by atoms with van der Waals surface area (Å²) in [5, 5.41) is 4.64. The largest absolute Gasteiger partial charge is 0.497 e. The van der Waals surface area contributed by atoms with Crippen LogP contribution in [0.4, 0.5) is 0 Å². The van der Waals surface area contributed by atoms with E-state index in [2.05, 4.69) is 12.0 Å². The zero-order valence-corrected chi connectivity index (χ0v) is 15.6. The monoisotopic (exact) mass is 365 g/mol. The predicted molar refractivity (Wildman–Crippen MR) is 102 cm³/mol. The van der Waals surface area contributed by atoms with Gasteiger partial charge in [-0.25, -0.2) is 4.68 Å². The van der Waals surface area contributed by atoms with E-state index in [9.17, 15) is 4.79 Å². The number of piperidine rings is 1. The fraction of sp³-hybridized carbons (Fsp3) is 0.333. The first-order chi connectivity index (χ1) is 13.2. The van der Waals surface area contributed by atoms with Gasteiger partial charge in [-0.15, -0.1) is 0 Å². The Bertz CT molecular complexity index is 905. The van der Waals surface area contributed by atoms with Gasteiger partial charge in [0, 0.05) is 19.2 Å².